The van der Waals surface area contributed by atoms with Crippen LogP contribution in [0.5, 0.6) is 0 Å². The summed E-state index contributed by atoms with van der Waals surface area (Å²) < 4.78 is 51.9. The molecule has 0 amide bonds. The summed E-state index contributed by atoms with van der Waals surface area (Å²) in [5, 5.41) is 20.4. The summed E-state index contributed by atoms with van der Waals surface area (Å²) in [7, 11) is -16.7. The molecule has 31 heavy (non-hydrogen) atoms. The minimum atomic E-state index is -5.70. The lowest BCUT2D eigenvalue weighted by atomic mass is 10.1. The fourth-order valence-corrected chi connectivity index (χ4v) is 5.65. The van der Waals surface area contributed by atoms with Gasteiger partial charge in [0.05, 0.1) is 12.9 Å². The lowest BCUT2D eigenvalue weighted by Gasteiger charge is -2.19. The van der Waals surface area contributed by atoms with E-state index in [1.54, 1.807) is 0 Å². The summed E-state index contributed by atoms with van der Waals surface area (Å²) >= 11 is 0. The van der Waals surface area contributed by atoms with Crippen molar-refractivity contribution in [2.24, 2.45) is 0 Å². The third-order valence-electron chi connectivity index (χ3n) is 3.82. The minimum Gasteiger partial charge on any atom is -0.387 e. The Bertz CT molecular complexity index is 1100. The number of hydrogen-bond donors (Lipinski definition) is 7. The molecule has 21 heteroatoms. The summed E-state index contributed by atoms with van der Waals surface area (Å²) in [5.41, 5.74) is 6.00. The zero-order chi connectivity index (χ0) is 23.2. The second kappa shape index (κ2) is 8.53. The predicted molar refractivity (Wildman–Crippen MR) is 95.5 cm³/mol. The number of hydrogen-bond acceptors (Lipinski definition) is 13. The molecule has 2 unspecified atom stereocenters. The number of ether oxygens (including phenoxy) is 1. The van der Waals surface area contributed by atoms with E-state index in [1.807, 2.05) is 0 Å². The highest BCUT2D eigenvalue weighted by atomic mass is 31.3. The van der Waals surface area contributed by atoms with Gasteiger partial charge in [-0.25, -0.2) is 28.6 Å². The number of phosphoric ester groups is 1. The smallest absolute Gasteiger partial charge is 0.387 e. The Hall–Kier alpha value is -1.36. The van der Waals surface area contributed by atoms with Crippen molar-refractivity contribution < 1.29 is 61.4 Å². The number of phosphoric acid groups is 3. The van der Waals surface area contributed by atoms with Gasteiger partial charge in [0.2, 0.25) is 0 Å². The third kappa shape index (κ3) is 5.71. The number of nitrogen functional groups attached to an aromatic ring is 1. The molecule has 1 aliphatic rings. The van der Waals surface area contributed by atoms with Gasteiger partial charge in [0.1, 0.15) is 30.2 Å². The van der Waals surface area contributed by atoms with E-state index < -0.39 is 54.6 Å². The Morgan fingerprint density at radius 3 is 2.42 bits per heavy atom. The van der Waals surface area contributed by atoms with Crippen LogP contribution in [0.2, 0.25) is 0 Å². The lowest BCUT2D eigenvalue weighted by Crippen LogP contribution is -2.33. The molecule has 3 heterocycles. The zero-order valence-electron chi connectivity index (χ0n) is 14.9. The molecule has 0 radical (unpaired) electrons. The van der Waals surface area contributed by atoms with E-state index >= 15 is 0 Å². The fraction of sp³-hybridized carbons (Fsp3) is 0.500. The first-order valence-electron chi connectivity index (χ1n) is 7.92. The van der Waals surface area contributed by atoms with Gasteiger partial charge in [-0.05, 0) is 0 Å². The van der Waals surface area contributed by atoms with Crippen LogP contribution in [0.1, 0.15) is 6.23 Å². The van der Waals surface area contributed by atoms with Crippen molar-refractivity contribution in [1.29, 1.82) is 0 Å². The van der Waals surface area contributed by atoms with Crippen molar-refractivity contribution >= 4 is 40.4 Å². The van der Waals surface area contributed by atoms with Crippen molar-refractivity contribution in [1.82, 2.24) is 19.5 Å². The quantitative estimate of drug-likeness (QED) is 0.197. The first-order chi connectivity index (χ1) is 14.2. The first kappa shape index (κ1) is 24.3. The molecule has 8 N–H and O–H groups in total. The average molecular weight is 509 g/mol. The van der Waals surface area contributed by atoms with E-state index in [0.29, 0.717) is 0 Å². The van der Waals surface area contributed by atoms with Crippen molar-refractivity contribution in [3.8, 4) is 0 Å². The van der Waals surface area contributed by atoms with Crippen LogP contribution in [0.3, 0.4) is 0 Å². The maximum Gasteiger partial charge on any atom is 0.490 e. The molecular weight excluding hydrogens is 493 g/mol. The molecule has 174 valence electrons. The Balaban J connectivity index is 1.69. The topological polar surface area (TPSA) is 279 Å². The molecule has 2 aromatic heterocycles. The zero-order valence-corrected chi connectivity index (χ0v) is 17.6. The molecule has 0 bridgehead atoms. The number of anilines is 1. The SMILES string of the molecule is Nc1ncnc2c1n[14cH]n2[C@@H]1O[C@H](COP(=O)(O)OP(=O)(O)OP(=O)(O)O)[C@@H](O)[C@H]1O. The van der Waals surface area contributed by atoms with E-state index in [-0.39, 0.29) is 17.0 Å². The maximum absolute atomic E-state index is 11.8. The van der Waals surface area contributed by atoms with E-state index in [1.165, 1.54) is 10.9 Å². The predicted octanol–water partition coefficient (Wildman–Crippen LogP) is -1.63. The van der Waals surface area contributed by atoms with E-state index in [4.69, 9.17) is 25.2 Å². The molecule has 2 aromatic rings. The van der Waals surface area contributed by atoms with Crippen LogP contribution in [0.4, 0.5) is 5.82 Å². The number of rotatable bonds is 8. The monoisotopic (exact) mass is 509 g/mol. The van der Waals surface area contributed by atoms with Crippen molar-refractivity contribution in [3.05, 3.63) is 12.7 Å². The first-order valence-corrected chi connectivity index (χ1v) is 12.4. The van der Waals surface area contributed by atoms with Gasteiger partial charge in [-0.3, -0.25) is 9.09 Å². The van der Waals surface area contributed by atoms with Gasteiger partial charge in [0, 0.05) is 0 Å². The van der Waals surface area contributed by atoms with Gasteiger partial charge in [-0.2, -0.15) is 8.62 Å². The third-order valence-corrected chi connectivity index (χ3v) is 7.62. The van der Waals surface area contributed by atoms with Crippen LogP contribution in [-0.4, -0.2) is 74.2 Å². The van der Waals surface area contributed by atoms with E-state index in [2.05, 4.69) is 28.1 Å². The van der Waals surface area contributed by atoms with Crippen molar-refractivity contribution in [2.75, 3.05) is 12.3 Å². The van der Waals surface area contributed by atoms with E-state index in [0.717, 1.165) is 6.33 Å². The molecule has 0 saturated carbocycles. The summed E-state index contributed by atoms with van der Waals surface area (Å²) in [4.78, 5) is 47.2. The van der Waals surface area contributed by atoms with Gasteiger partial charge >= 0.3 is 23.5 Å². The Morgan fingerprint density at radius 1 is 1.10 bits per heavy atom. The summed E-state index contributed by atoms with van der Waals surface area (Å²) in [6, 6.07) is 0. The Morgan fingerprint density at radius 2 is 1.77 bits per heavy atom. The van der Waals surface area contributed by atoms with Crippen LogP contribution in [0.25, 0.3) is 11.2 Å². The van der Waals surface area contributed by atoms with Gasteiger partial charge in [0.15, 0.2) is 17.7 Å². The molecule has 1 aliphatic heterocycles. The Labute approximate surface area is 171 Å². The van der Waals surface area contributed by atoms with E-state index in [9.17, 15) is 28.8 Å². The van der Waals surface area contributed by atoms with Gasteiger partial charge in [0.25, 0.3) is 0 Å². The lowest BCUT2D eigenvalue weighted by molar-refractivity contribution is -0.0503. The molecule has 0 aromatic carbocycles. The number of nitrogens with two attached hydrogens (primary N) is 1. The molecule has 0 spiro atoms. The average Bonchev–Trinajstić information content (AvgIpc) is 3.13. The highest BCUT2D eigenvalue weighted by molar-refractivity contribution is 7.66. The van der Waals surface area contributed by atoms with Crippen LogP contribution in [0.15, 0.2) is 12.7 Å². The van der Waals surface area contributed by atoms with Gasteiger partial charge in [-0.15, -0.1) is 0 Å². The molecule has 0 aliphatic carbocycles. The second-order valence-electron chi connectivity index (χ2n) is 6.02. The minimum absolute atomic E-state index is 0.0426. The highest BCUT2D eigenvalue weighted by Crippen LogP contribution is 2.66. The van der Waals surface area contributed by atoms with Crippen molar-refractivity contribution in [3.63, 3.8) is 0 Å². The number of fused-ring (bicyclic) bond motifs is 1. The van der Waals surface area contributed by atoms with Crippen LogP contribution in [-0.2, 0) is 31.6 Å². The standard InChI is InChI=1S/C10H16N5O13P3/c11-8-5-9(13-2-12-8)15(3-14-5)10-7(17)6(16)4(26-10)1-25-30(21,22)28-31(23,24)27-29(18,19)20/h2-4,6-7,10,16-17H,1H2,(H,21,22)(H,23,24)(H2,11,12,13)(H2,18,19,20)/t4-,6-,7-,10-/m1/s1/i3+2. The number of imidazole rings is 1. The molecule has 1 fully saturated rings. The molecule has 1 saturated heterocycles. The summed E-state index contributed by atoms with van der Waals surface area (Å²) in [6.45, 7) is -0.956. The Kier molecular flexibility index (Phi) is 6.68. The molecule has 3 rings (SSSR count). The van der Waals surface area contributed by atoms with Gasteiger partial charge in [-0.1, -0.05) is 0 Å². The normalized spacial score (nSPS) is 28.5. The maximum atomic E-state index is 11.8. The van der Waals surface area contributed by atoms with Crippen LogP contribution >= 0.6 is 23.5 Å². The van der Waals surface area contributed by atoms with Gasteiger partial charge < -0.3 is 40.3 Å². The number of aliphatic hydroxyl groups is 2. The molecule has 6 atom stereocenters. The number of aromatic nitrogens is 4. The fourth-order valence-electron chi connectivity index (χ4n) is 2.62. The number of nitrogens with zero attached hydrogens (tertiary/aromatic N) is 4. The summed E-state index contributed by atoms with van der Waals surface area (Å²) in [6.07, 6.45) is -3.69. The van der Waals surface area contributed by atoms with Crippen LogP contribution < -0.4 is 5.73 Å². The van der Waals surface area contributed by atoms with Crippen molar-refractivity contribution in [2.45, 2.75) is 24.5 Å². The largest absolute Gasteiger partial charge is 0.490 e. The number of aliphatic hydroxyl groups excluding tert-OH is 2. The summed E-state index contributed by atoms with van der Waals surface area (Å²) in [5.74, 6) is 0.0426. The second-order valence-corrected chi connectivity index (χ2v) is 10.4. The molecular formula is C10H16N5O13P3. The molecule has 18 nitrogen and oxygen atoms in total. The highest BCUT2D eigenvalue weighted by Gasteiger charge is 2.47. The van der Waals surface area contributed by atoms with Crippen LogP contribution in [0, 0.1) is 0 Å².